The second-order valence-corrected chi connectivity index (χ2v) is 5.97. The normalized spacial score (nSPS) is 16.8. The summed E-state index contributed by atoms with van der Waals surface area (Å²) in [6.07, 6.45) is 1.09. The molecule has 0 bridgehead atoms. The summed E-state index contributed by atoms with van der Waals surface area (Å²) < 4.78 is 18.0. The zero-order valence-corrected chi connectivity index (χ0v) is 15.3. The Balaban J connectivity index is 1.84. The molecule has 4 amide bonds. The van der Waals surface area contributed by atoms with Crippen LogP contribution in [0.2, 0.25) is 0 Å². The van der Waals surface area contributed by atoms with E-state index in [1.54, 1.807) is 25.1 Å². The summed E-state index contributed by atoms with van der Waals surface area (Å²) in [7, 11) is 0. The molecule has 29 heavy (non-hydrogen) atoms. The van der Waals surface area contributed by atoms with E-state index in [9.17, 15) is 23.6 Å². The van der Waals surface area contributed by atoms with Crippen LogP contribution in [-0.2, 0) is 14.3 Å². The van der Waals surface area contributed by atoms with E-state index in [0.717, 1.165) is 23.2 Å². The van der Waals surface area contributed by atoms with E-state index in [1.165, 1.54) is 18.2 Å². The summed E-state index contributed by atoms with van der Waals surface area (Å²) in [6.45, 7) is 1.90. The molecular formula is C20H16FN3O5. The fourth-order valence-electron chi connectivity index (χ4n) is 2.64. The summed E-state index contributed by atoms with van der Waals surface area (Å²) >= 11 is 0. The van der Waals surface area contributed by atoms with E-state index in [2.05, 4.69) is 10.3 Å². The Labute approximate surface area is 165 Å². The predicted octanol–water partition coefficient (Wildman–Crippen LogP) is 2.60. The summed E-state index contributed by atoms with van der Waals surface area (Å²) in [5, 5.41) is 2.07. The number of anilines is 1. The number of hydrogen-bond donors (Lipinski definition) is 1. The number of carbonyl (C=O) groups is 4. The van der Waals surface area contributed by atoms with Crippen molar-refractivity contribution in [3.63, 3.8) is 0 Å². The number of carbonyl (C=O) groups excluding carboxylic acids is 4. The van der Waals surface area contributed by atoms with Crippen molar-refractivity contribution >= 4 is 41.4 Å². The minimum absolute atomic E-state index is 0.115. The largest absolute Gasteiger partial charge is 0.462 e. The van der Waals surface area contributed by atoms with Gasteiger partial charge in [-0.25, -0.2) is 18.9 Å². The second-order valence-electron chi connectivity index (χ2n) is 5.97. The van der Waals surface area contributed by atoms with Crippen LogP contribution in [0.5, 0.6) is 0 Å². The van der Waals surface area contributed by atoms with Crippen molar-refractivity contribution in [3.05, 3.63) is 59.9 Å². The molecule has 2 aromatic rings. The number of ether oxygens (including phenoxy) is 1. The standard InChI is InChI=1S/C20H16FN3O5/c1-2-29-19(27)12-4-3-5-14(10-12)22-11-16-17(25)23-20(28)24(18(16)26)15-8-6-13(21)7-9-15/h3-11,16H,2H2,1H3,(H,23,25,28)/t16-/m0/s1. The first-order valence-electron chi connectivity index (χ1n) is 8.66. The van der Waals surface area contributed by atoms with Gasteiger partial charge in [-0.1, -0.05) is 6.07 Å². The molecule has 0 aromatic heterocycles. The van der Waals surface area contributed by atoms with Crippen molar-refractivity contribution in [3.8, 4) is 0 Å². The maximum atomic E-state index is 13.1. The number of hydrogen-bond acceptors (Lipinski definition) is 6. The lowest BCUT2D eigenvalue weighted by molar-refractivity contribution is -0.131. The van der Waals surface area contributed by atoms with E-state index in [-0.39, 0.29) is 17.9 Å². The summed E-state index contributed by atoms with van der Waals surface area (Å²) in [5.41, 5.74) is 0.703. The van der Waals surface area contributed by atoms with Crippen LogP contribution in [0.4, 0.5) is 20.6 Å². The SMILES string of the molecule is CCOC(=O)c1cccc(N=C[C@H]2C(=O)NC(=O)N(c3ccc(F)cc3)C2=O)c1. The number of amides is 4. The first-order chi connectivity index (χ1) is 13.9. The van der Waals surface area contributed by atoms with Crippen LogP contribution in [0.3, 0.4) is 0 Å². The third-order valence-corrected chi connectivity index (χ3v) is 4.02. The Morgan fingerprint density at radius 2 is 1.93 bits per heavy atom. The monoisotopic (exact) mass is 397 g/mol. The van der Waals surface area contributed by atoms with Crippen molar-refractivity contribution in [2.75, 3.05) is 11.5 Å². The van der Waals surface area contributed by atoms with Crippen molar-refractivity contribution in [2.45, 2.75) is 6.92 Å². The van der Waals surface area contributed by atoms with Crippen LogP contribution in [0.15, 0.2) is 53.5 Å². The number of halogens is 1. The molecule has 1 aliphatic rings. The summed E-state index contributed by atoms with van der Waals surface area (Å²) in [6, 6.07) is 9.91. The molecule has 1 N–H and O–H groups in total. The number of nitrogens with one attached hydrogen (secondary N) is 1. The first-order valence-corrected chi connectivity index (χ1v) is 8.66. The minimum Gasteiger partial charge on any atom is -0.462 e. The van der Waals surface area contributed by atoms with Crippen LogP contribution in [0.25, 0.3) is 0 Å². The Bertz CT molecular complexity index is 1000. The van der Waals surface area contributed by atoms with Crippen LogP contribution < -0.4 is 10.2 Å². The average molecular weight is 397 g/mol. The lowest BCUT2D eigenvalue weighted by Crippen LogP contribution is -2.58. The van der Waals surface area contributed by atoms with Crippen LogP contribution >= 0.6 is 0 Å². The second kappa shape index (κ2) is 8.42. The highest BCUT2D eigenvalue weighted by Crippen LogP contribution is 2.21. The molecule has 9 heteroatoms. The highest BCUT2D eigenvalue weighted by Gasteiger charge is 2.40. The van der Waals surface area contributed by atoms with Gasteiger partial charge < -0.3 is 4.74 Å². The number of esters is 1. The molecular weight excluding hydrogens is 381 g/mol. The van der Waals surface area contributed by atoms with Gasteiger partial charge in [0, 0.05) is 6.21 Å². The van der Waals surface area contributed by atoms with Gasteiger partial charge in [0.2, 0.25) is 5.91 Å². The predicted molar refractivity (Wildman–Crippen MR) is 101 cm³/mol. The molecule has 0 saturated carbocycles. The van der Waals surface area contributed by atoms with E-state index in [0.29, 0.717) is 5.69 Å². The van der Waals surface area contributed by atoms with Gasteiger partial charge in [0.25, 0.3) is 5.91 Å². The quantitative estimate of drug-likeness (QED) is 0.474. The average Bonchev–Trinajstić information content (AvgIpc) is 2.69. The van der Waals surface area contributed by atoms with Gasteiger partial charge in [-0.3, -0.25) is 19.9 Å². The lowest BCUT2D eigenvalue weighted by atomic mass is 10.1. The Kier molecular flexibility index (Phi) is 5.77. The highest BCUT2D eigenvalue weighted by atomic mass is 19.1. The lowest BCUT2D eigenvalue weighted by Gasteiger charge is -2.28. The van der Waals surface area contributed by atoms with E-state index >= 15 is 0 Å². The van der Waals surface area contributed by atoms with Gasteiger partial charge in [-0.15, -0.1) is 0 Å². The number of benzene rings is 2. The molecule has 2 aromatic carbocycles. The molecule has 148 valence electrons. The van der Waals surface area contributed by atoms with Crippen molar-refractivity contribution in [1.82, 2.24) is 5.32 Å². The molecule has 1 aliphatic heterocycles. The Hall–Kier alpha value is -3.88. The molecule has 8 nitrogen and oxygen atoms in total. The molecule has 0 spiro atoms. The number of nitrogens with zero attached hydrogens (tertiary/aromatic N) is 2. The maximum absolute atomic E-state index is 13.1. The topological polar surface area (TPSA) is 105 Å². The summed E-state index contributed by atoms with van der Waals surface area (Å²) in [4.78, 5) is 53.5. The van der Waals surface area contributed by atoms with Gasteiger partial charge in [0.05, 0.1) is 23.5 Å². The third kappa shape index (κ3) is 4.34. The molecule has 1 atom stereocenters. The molecule has 0 aliphatic carbocycles. The van der Waals surface area contributed by atoms with Gasteiger partial charge >= 0.3 is 12.0 Å². The number of urea groups is 1. The first kappa shape index (κ1) is 19.9. The fourth-order valence-corrected chi connectivity index (χ4v) is 2.64. The van der Waals surface area contributed by atoms with Crippen molar-refractivity contribution in [2.24, 2.45) is 10.9 Å². The molecule has 0 radical (unpaired) electrons. The van der Waals surface area contributed by atoms with Crippen LogP contribution in [0.1, 0.15) is 17.3 Å². The molecule has 1 heterocycles. The van der Waals surface area contributed by atoms with Crippen LogP contribution in [-0.4, -0.2) is 36.6 Å². The van der Waals surface area contributed by atoms with E-state index in [1.807, 2.05) is 0 Å². The Morgan fingerprint density at radius 3 is 2.62 bits per heavy atom. The number of imide groups is 2. The zero-order valence-electron chi connectivity index (χ0n) is 15.3. The molecule has 0 unspecified atom stereocenters. The Morgan fingerprint density at radius 1 is 1.21 bits per heavy atom. The highest BCUT2D eigenvalue weighted by molar-refractivity contribution is 6.32. The van der Waals surface area contributed by atoms with E-state index < -0.39 is 35.5 Å². The summed E-state index contributed by atoms with van der Waals surface area (Å²) in [5.74, 6) is -4.08. The number of aliphatic imine (C=N–C) groups is 1. The number of rotatable bonds is 5. The molecule has 3 rings (SSSR count). The maximum Gasteiger partial charge on any atom is 0.338 e. The van der Waals surface area contributed by atoms with Crippen LogP contribution in [0, 0.1) is 11.7 Å². The van der Waals surface area contributed by atoms with Gasteiger partial charge in [0.15, 0.2) is 5.92 Å². The van der Waals surface area contributed by atoms with E-state index in [4.69, 9.17) is 4.74 Å². The smallest absolute Gasteiger partial charge is 0.338 e. The van der Waals surface area contributed by atoms with Crippen molar-refractivity contribution in [1.29, 1.82) is 0 Å². The van der Waals surface area contributed by atoms with Gasteiger partial charge in [-0.05, 0) is 49.4 Å². The third-order valence-electron chi connectivity index (χ3n) is 4.02. The molecule has 1 fully saturated rings. The molecule has 1 saturated heterocycles. The minimum atomic E-state index is -1.37. The van der Waals surface area contributed by atoms with Crippen molar-refractivity contribution < 1.29 is 28.3 Å². The van der Waals surface area contributed by atoms with Gasteiger partial charge in [-0.2, -0.15) is 0 Å². The fraction of sp³-hybridized carbons (Fsp3) is 0.150. The zero-order chi connectivity index (χ0) is 21.0. The number of barbiturate groups is 1. The van der Waals surface area contributed by atoms with Gasteiger partial charge in [0.1, 0.15) is 5.82 Å².